The molecule has 4 saturated heterocycles. The summed E-state index contributed by atoms with van der Waals surface area (Å²) in [4.78, 5) is 105. The van der Waals surface area contributed by atoms with E-state index in [1.54, 1.807) is 0 Å². The third-order valence-corrected chi connectivity index (χ3v) is 26.3. The molecule has 5 heterocycles. The number of carbonyl (C=O) groups is 8. The van der Waals surface area contributed by atoms with E-state index in [0.717, 1.165) is 178 Å². The van der Waals surface area contributed by atoms with E-state index in [1.807, 2.05) is 121 Å². The predicted octanol–water partition coefficient (Wildman–Crippen LogP) is 28.6. The molecule has 0 radical (unpaired) electrons. The Morgan fingerprint density at radius 2 is 0.600 bits per heavy atom. The van der Waals surface area contributed by atoms with Crippen LogP contribution in [0.4, 0.5) is 0 Å². The van der Waals surface area contributed by atoms with E-state index in [1.165, 1.54) is 31.4 Å². The fraction of sp³-hybridized carbons (Fsp3) is 0.911. The van der Waals surface area contributed by atoms with Crippen LogP contribution in [0.5, 0.6) is 0 Å². The Morgan fingerprint density at radius 1 is 0.324 bits per heavy atom. The number of piperidine rings is 4. The number of hydrogen-bond acceptors (Lipinski definition) is 14. The lowest BCUT2D eigenvalue weighted by Gasteiger charge is -2.40. The van der Waals surface area contributed by atoms with Crippen molar-refractivity contribution in [2.45, 2.75) is 535 Å². The van der Waals surface area contributed by atoms with Gasteiger partial charge in [0.25, 0.3) is 0 Å². The molecule has 0 unspecified atom stereocenters. The molecule has 858 valence electrons. The van der Waals surface area contributed by atoms with Gasteiger partial charge in [0.2, 0.25) is 41.4 Å². The monoisotopic (exact) mass is 2050 g/mol. The quantitative estimate of drug-likeness (QED) is 0.0703. The van der Waals surface area contributed by atoms with Gasteiger partial charge in [-0.2, -0.15) is 5.10 Å². The topological polar surface area (TPSA) is 254 Å². The minimum absolute atomic E-state index is 0.0242. The van der Waals surface area contributed by atoms with Gasteiger partial charge >= 0.3 is 0 Å². The average molecular weight is 2060 g/mol. The molecule has 7 amide bonds. The van der Waals surface area contributed by atoms with Gasteiger partial charge in [-0.3, -0.25) is 48.4 Å². The van der Waals surface area contributed by atoms with Crippen molar-refractivity contribution in [2.75, 3.05) is 112 Å². The zero-order valence-corrected chi connectivity index (χ0v) is 106. The van der Waals surface area contributed by atoms with E-state index in [0.29, 0.717) is 81.4 Å². The van der Waals surface area contributed by atoms with Crippen LogP contribution in [-0.4, -0.2) is 222 Å². The zero-order valence-electron chi connectivity index (χ0n) is 106. The Bertz CT molecular complexity index is 3610. The first-order valence-electron chi connectivity index (χ1n) is 56.2. The van der Waals surface area contributed by atoms with Crippen molar-refractivity contribution in [2.24, 2.45) is 83.2 Å². The molecule has 0 saturated carbocycles. The number of carbonyl (C=O) groups excluding carboxylic acids is 8. The largest absolute Gasteiger partial charge is 0.368 e. The van der Waals surface area contributed by atoms with Gasteiger partial charge in [0.15, 0.2) is 5.78 Å². The van der Waals surface area contributed by atoms with Gasteiger partial charge in [-0.1, -0.05) is 270 Å². The number of rotatable bonds is 24. The molecule has 1 aromatic heterocycles. The van der Waals surface area contributed by atoms with Gasteiger partial charge < -0.3 is 54.5 Å². The van der Waals surface area contributed by atoms with Crippen molar-refractivity contribution >= 4 is 47.1 Å². The second-order valence-electron chi connectivity index (χ2n) is 62.0. The number of Topliss-reactive ketones (excluding diaryl/α,β-unsaturated/α-hetero) is 1. The third-order valence-electron chi connectivity index (χ3n) is 26.3. The van der Waals surface area contributed by atoms with Crippen molar-refractivity contribution in [3.05, 3.63) is 17.5 Å². The summed E-state index contributed by atoms with van der Waals surface area (Å²) in [6.45, 7) is 127. The number of amides is 7. The third kappa shape index (κ3) is 83.2. The number of hydrogen-bond donors (Lipinski definition) is 4. The molecule has 0 bridgehead atoms. The van der Waals surface area contributed by atoms with Crippen LogP contribution >= 0.6 is 0 Å². The molecule has 5 rings (SSSR count). The number of likely N-dealkylation sites (tertiary alicyclic amines) is 4. The maximum atomic E-state index is 12.3. The highest BCUT2D eigenvalue weighted by molar-refractivity contribution is 5.82. The van der Waals surface area contributed by atoms with Gasteiger partial charge in [-0.25, -0.2) is 0 Å². The van der Waals surface area contributed by atoms with E-state index < -0.39 is 0 Å². The van der Waals surface area contributed by atoms with E-state index in [9.17, 15) is 38.4 Å². The highest BCUT2D eigenvalue weighted by Gasteiger charge is 2.38. The summed E-state index contributed by atoms with van der Waals surface area (Å²) in [5, 5.41) is 16.0. The summed E-state index contributed by atoms with van der Waals surface area (Å²) in [6.07, 6.45) is 19.6. The second kappa shape index (κ2) is 63.0. The van der Waals surface area contributed by atoms with E-state index in [2.05, 4.69) is 317 Å². The standard InChI is InChI=1S/C16H32N2O.C16H31NO.C15H29NO.C14H27NO.2C13H27NO2.C13H26O2.C12H25NO2.C11H20N2/c1-15(2,3)13-8-10-18(11-9-13)14(19)12-17(7)16(4,5)6;1-15(2,3)10-7-14(18)17-11-8-13(9-12-17)16(4,5)6;1-14(2,3)11-13(17)16-9-7-12(8-10-16)15(4,5)6;1-13(2,3)11-7-9-15(10-8-11)12(16)14(4,5)6;2*1-12(2,3)8-7-9-14-11(15)10-16-13(4,5)6;1-12(2,3)9-7-8-11(14)10-15-13(4,5)6;1-11(2,3)7-8-13-10(14)9-15-12(4,5)6;1-10(2,3)8-7-9(13-12-8)11(4,5)6/h13H,8-12H2,1-7H3;13H,7-12H2,1-6H3;12H,7-11H2,1-6H3;11H,7-10H2,1-6H3;2*7-10H2,1-6H3,(H,14,15);7-10H2,1-6H3;7-9H2,1-6H3,(H,13,14);7H,1-6H3,(H,12,13). The minimum atomic E-state index is -0.249. The van der Waals surface area contributed by atoms with Crippen molar-refractivity contribution in [3.63, 3.8) is 0 Å². The number of aromatic amines is 1. The first-order chi connectivity index (χ1) is 64.4. The molecule has 0 aliphatic carbocycles. The summed E-state index contributed by atoms with van der Waals surface area (Å²) < 4.78 is 21.5. The Kier molecular flexibility index (Phi) is 63.5. The SMILES string of the molecule is CC(C)(C)C(=O)N1CCC(C(C)(C)C)CC1.CC(C)(C)CC(=O)N1CCC(C(C)(C)C)CC1.CC(C)(C)CCC(=O)N1CCC(C(C)(C)C)CC1.CC(C)(C)CCCC(=O)COC(C)(C)C.CC(C)(C)CCCNC(=O)COC(C)(C)C.CC(C)(C)CCCNC(=O)COC(C)(C)C.CC(C)(C)CCNC(=O)COC(C)(C)C.CC(C)(C)c1cc(C(C)(C)C)[nH]n1.CN(CC(=O)N1CCC(C(C)(C)C)CC1)C(C)(C)C. The van der Waals surface area contributed by atoms with Gasteiger partial charge in [-0.05, 0) is 298 Å². The maximum absolute atomic E-state index is 12.3. The smallest absolute Gasteiger partial charge is 0.246 e. The van der Waals surface area contributed by atoms with Crippen LogP contribution in [0.2, 0.25) is 0 Å². The molecule has 0 spiro atoms. The zero-order chi connectivity index (χ0) is 115. The number of ketones is 1. The molecular weight excluding hydrogens is 1810 g/mol. The van der Waals surface area contributed by atoms with E-state index in [-0.39, 0.29) is 116 Å². The van der Waals surface area contributed by atoms with Crippen molar-refractivity contribution in [1.82, 2.24) is 50.6 Å². The van der Waals surface area contributed by atoms with Crippen LogP contribution in [0.15, 0.2) is 6.07 Å². The van der Waals surface area contributed by atoms with Gasteiger partial charge in [0.1, 0.15) is 26.4 Å². The lowest BCUT2D eigenvalue weighted by molar-refractivity contribution is -0.141. The highest BCUT2D eigenvalue weighted by atomic mass is 16.5. The fourth-order valence-corrected chi connectivity index (χ4v) is 15.7. The highest BCUT2D eigenvalue weighted by Crippen LogP contribution is 2.40. The average Bonchev–Trinajstić information content (AvgIpc) is 1.67. The van der Waals surface area contributed by atoms with Gasteiger partial charge in [0.05, 0.1) is 34.6 Å². The maximum Gasteiger partial charge on any atom is 0.246 e. The number of nitrogens with one attached hydrogen (secondary N) is 4. The Balaban J connectivity index is -0.000000773. The fourth-order valence-electron chi connectivity index (χ4n) is 15.7. The number of nitrogens with zero attached hydrogens (tertiary/aromatic N) is 6. The molecule has 0 atom stereocenters. The molecule has 22 heteroatoms. The van der Waals surface area contributed by atoms with Crippen LogP contribution in [0, 0.1) is 83.2 Å². The Hall–Kier alpha value is -5.03. The summed E-state index contributed by atoms with van der Waals surface area (Å²) in [5.74, 6) is 4.46. The van der Waals surface area contributed by atoms with E-state index in [4.69, 9.17) is 18.9 Å². The minimum Gasteiger partial charge on any atom is -0.368 e. The Morgan fingerprint density at radius 3 is 0.848 bits per heavy atom. The van der Waals surface area contributed by atoms with Gasteiger partial charge in [0, 0.05) is 119 Å². The van der Waals surface area contributed by atoms with Crippen LogP contribution in [-0.2, 0) is 68.1 Å². The molecule has 0 aromatic carbocycles. The number of H-pyrrole nitrogens is 1. The molecule has 4 aliphatic heterocycles. The summed E-state index contributed by atoms with van der Waals surface area (Å²) >= 11 is 0. The second-order valence-corrected chi connectivity index (χ2v) is 62.0. The lowest BCUT2D eigenvalue weighted by atomic mass is 9.75. The summed E-state index contributed by atoms with van der Waals surface area (Å²) in [6, 6.07) is 2.17. The number of likely N-dealkylation sites (N-methyl/N-ethyl adjacent to an activating group) is 1. The van der Waals surface area contributed by atoms with Crippen molar-refractivity contribution < 1.29 is 57.3 Å². The molecule has 22 nitrogen and oxygen atoms in total. The molecular formula is C123H244N10O12. The predicted molar refractivity (Wildman–Crippen MR) is 617 cm³/mol. The molecule has 4 N–H and O–H groups in total. The van der Waals surface area contributed by atoms with Crippen molar-refractivity contribution in [3.8, 4) is 0 Å². The Labute approximate surface area is 897 Å². The van der Waals surface area contributed by atoms with Crippen LogP contribution in [0.3, 0.4) is 0 Å². The van der Waals surface area contributed by atoms with Gasteiger partial charge in [-0.15, -0.1) is 0 Å². The van der Waals surface area contributed by atoms with Crippen LogP contribution in [0.1, 0.15) is 507 Å². The molecule has 1 aromatic rings. The molecule has 4 aliphatic rings. The first kappa shape index (κ1) is 146. The normalized spacial score (nSPS) is 16.0. The summed E-state index contributed by atoms with van der Waals surface area (Å²) in [7, 11) is 2.03. The van der Waals surface area contributed by atoms with Crippen molar-refractivity contribution in [1.29, 1.82) is 0 Å². The molecule has 4 fully saturated rings. The number of ether oxygens (including phenoxy) is 4. The summed E-state index contributed by atoms with van der Waals surface area (Å²) in [5.41, 5.74) is 4.69. The lowest BCUT2D eigenvalue weighted by Crippen LogP contribution is -2.48. The first-order valence-corrected chi connectivity index (χ1v) is 56.2. The van der Waals surface area contributed by atoms with Crippen LogP contribution < -0.4 is 16.0 Å². The van der Waals surface area contributed by atoms with Crippen LogP contribution in [0.25, 0.3) is 0 Å². The van der Waals surface area contributed by atoms with E-state index >= 15 is 0 Å². The number of aromatic nitrogens is 2. The molecule has 145 heavy (non-hydrogen) atoms.